The number of thiophene rings is 1. The van der Waals surface area contributed by atoms with Crippen LogP contribution in [0.25, 0.3) is 0 Å². The van der Waals surface area contributed by atoms with E-state index in [1.165, 1.54) is 30.8 Å². The number of guanidine groups is 1. The third-order valence-electron chi connectivity index (χ3n) is 6.21. The lowest BCUT2D eigenvalue weighted by molar-refractivity contribution is 0.00752. The Morgan fingerprint density at radius 2 is 1.97 bits per heavy atom. The minimum atomic E-state index is 0.512. The summed E-state index contributed by atoms with van der Waals surface area (Å²) in [4.78, 5) is 11.1. The van der Waals surface area contributed by atoms with Crippen molar-refractivity contribution >= 4 is 17.3 Å². The standard InChI is InChI=1S/C22H39N5OS/c1-18(2)21(27-10-12-28-13-11-27)16-25-22(23-3)24-15-19-6-8-26(9-7-19)17-20-5-4-14-29-20/h4-5,14,18-19,21H,6-13,15-17H2,1-3H3,(H2,23,24,25). The maximum Gasteiger partial charge on any atom is 0.191 e. The molecule has 1 aromatic heterocycles. The molecule has 0 saturated carbocycles. The predicted molar refractivity (Wildman–Crippen MR) is 123 cm³/mol. The molecule has 0 radical (unpaired) electrons. The van der Waals surface area contributed by atoms with Gasteiger partial charge in [-0.1, -0.05) is 19.9 Å². The molecule has 0 aromatic carbocycles. The molecule has 7 heteroatoms. The second kappa shape index (κ2) is 11.9. The van der Waals surface area contributed by atoms with Crippen LogP contribution < -0.4 is 10.6 Å². The minimum Gasteiger partial charge on any atom is -0.379 e. The third kappa shape index (κ3) is 7.24. The Balaban J connectivity index is 1.36. The molecule has 1 unspecified atom stereocenters. The highest BCUT2D eigenvalue weighted by Crippen LogP contribution is 2.20. The molecule has 2 aliphatic heterocycles. The molecule has 6 nitrogen and oxygen atoms in total. The molecule has 0 aliphatic carbocycles. The largest absolute Gasteiger partial charge is 0.379 e. The Hall–Kier alpha value is -1.15. The summed E-state index contributed by atoms with van der Waals surface area (Å²) >= 11 is 1.87. The first-order valence-electron chi connectivity index (χ1n) is 11.2. The Bertz CT molecular complexity index is 592. The lowest BCUT2D eigenvalue weighted by atomic mass is 9.97. The van der Waals surface area contributed by atoms with E-state index in [1.807, 2.05) is 18.4 Å². The van der Waals surface area contributed by atoms with Gasteiger partial charge >= 0.3 is 0 Å². The van der Waals surface area contributed by atoms with Gasteiger partial charge < -0.3 is 15.4 Å². The number of nitrogens with one attached hydrogen (secondary N) is 2. The Kier molecular flexibility index (Phi) is 9.24. The number of piperidine rings is 1. The van der Waals surface area contributed by atoms with Gasteiger partial charge in [-0.15, -0.1) is 11.3 Å². The van der Waals surface area contributed by atoms with E-state index in [-0.39, 0.29) is 0 Å². The fourth-order valence-corrected chi connectivity index (χ4v) is 5.08. The zero-order valence-electron chi connectivity index (χ0n) is 18.4. The number of morpholine rings is 1. The molecule has 2 N–H and O–H groups in total. The normalized spacial score (nSPS) is 21.4. The van der Waals surface area contributed by atoms with E-state index in [0.29, 0.717) is 12.0 Å². The number of nitrogens with zero attached hydrogens (tertiary/aromatic N) is 3. The molecule has 0 spiro atoms. The van der Waals surface area contributed by atoms with Crippen LogP contribution in [0, 0.1) is 11.8 Å². The monoisotopic (exact) mass is 421 g/mol. The van der Waals surface area contributed by atoms with Crippen LogP contribution in [0.4, 0.5) is 0 Å². The zero-order chi connectivity index (χ0) is 20.5. The van der Waals surface area contributed by atoms with Crippen molar-refractivity contribution in [1.29, 1.82) is 0 Å². The van der Waals surface area contributed by atoms with E-state index in [0.717, 1.165) is 57.8 Å². The van der Waals surface area contributed by atoms with E-state index in [1.54, 1.807) is 0 Å². The molecule has 2 aliphatic rings. The maximum atomic E-state index is 5.52. The first-order chi connectivity index (χ1) is 14.2. The van der Waals surface area contributed by atoms with Gasteiger partial charge in [0.15, 0.2) is 5.96 Å². The topological polar surface area (TPSA) is 52.1 Å². The average Bonchev–Trinajstić information content (AvgIpc) is 3.25. The third-order valence-corrected chi connectivity index (χ3v) is 7.07. The lowest BCUT2D eigenvalue weighted by Crippen LogP contribution is -2.53. The highest BCUT2D eigenvalue weighted by Gasteiger charge is 2.24. The van der Waals surface area contributed by atoms with Crippen LogP contribution >= 0.6 is 11.3 Å². The van der Waals surface area contributed by atoms with E-state index in [2.05, 4.69) is 56.8 Å². The number of rotatable bonds is 8. The molecule has 2 fully saturated rings. The molecule has 3 heterocycles. The quantitative estimate of drug-likeness (QED) is 0.499. The summed E-state index contributed by atoms with van der Waals surface area (Å²) in [6.07, 6.45) is 2.52. The van der Waals surface area contributed by atoms with Crippen molar-refractivity contribution in [2.45, 2.75) is 39.3 Å². The Morgan fingerprint density at radius 1 is 1.21 bits per heavy atom. The van der Waals surface area contributed by atoms with Gasteiger partial charge in [0.1, 0.15) is 0 Å². The maximum absolute atomic E-state index is 5.52. The Labute approximate surface area is 180 Å². The summed E-state index contributed by atoms with van der Waals surface area (Å²) in [5.41, 5.74) is 0. The second-order valence-corrected chi connectivity index (χ2v) is 9.62. The molecule has 3 rings (SSSR count). The zero-order valence-corrected chi connectivity index (χ0v) is 19.2. The summed E-state index contributed by atoms with van der Waals surface area (Å²) in [6, 6.07) is 4.91. The molecule has 0 amide bonds. The van der Waals surface area contributed by atoms with Gasteiger partial charge in [0.25, 0.3) is 0 Å². The fraction of sp³-hybridized carbons (Fsp3) is 0.773. The number of likely N-dealkylation sites (tertiary alicyclic amines) is 1. The van der Waals surface area contributed by atoms with Gasteiger partial charge in [0, 0.05) is 50.7 Å². The van der Waals surface area contributed by atoms with Crippen molar-refractivity contribution < 1.29 is 4.74 Å². The average molecular weight is 422 g/mol. The smallest absolute Gasteiger partial charge is 0.191 e. The summed E-state index contributed by atoms with van der Waals surface area (Å²) in [7, 11) is 1.87. The van der Waals surface area contributed by atoms with Crippen LogP contribution in [0.1, 0.15) is 31.6 Å². The molecule has 164 valence electrons. The van der Waals surface area contributed by atoms with Crippen LogP contribution in [-0.2, 0) is 11.3 Å². The van der Waals surface area contributed by atoms with E-state index >= 15 is 0 Å². The SMILES string of the molecule is CN=C(NCC1CCN(Cc2cccs2)CC1)NCC(C(C)C)N1CCOCC1. The van der Waals surface area contributed by atoms with Gasteiger partial charge in [-0.05, 0) is 49.2 Å². The van der Waals surface area contributed by atoms with Gasteiger partial charge in [-0.25, -0.2) is 0 Å². The number of ether oxygens (including phenoxy) is 1. The van der Waals surface area contributed by atoms with Gasteiger partial charge in [-0.3, -0.25) is 14.8 Å². The van der Waals surface area contributed by atoms with Crippen LogP contribution in [0.3, 0.4) is 0 Å². The molecule has 29 heavy (non-hydrogen) atoms. The first-order valence-corrected chi connectivity index (χ1v) is 12.0. The number of aliphatic imine (C=N–C) groups is 1. The highest BCUT2D eigenvalue weighted by molar-refractivity contribution is 7.09. The van der Waals surface area contributed by atoms with Gasteiger partial charge in [-0.2, -0.15) is 0 Å². The predicted octanol–water partition coefficient (Wildman–Crippen LogP) is 2.48. The number of hydrogen-bond donors (Lipinski definition) is 2. The molecular weight excluding hydrogens is 382 g/mol. The van der Waals surface area contributed by atoms with Gasteiger partial charge in [0.05, 0.1) is 13.2 Å². The minimum absolute atomic E-state index is 0.512. The molecular formula is C22H39N5OS. The summed E-state index contributed by atoms with van der Waals surface area (Å²) in [6.45, 7) is 13.8. The van der Waals surface area contributed by atoms with Crippen LogP contribution in [-0.4, -0.2) is 81.3 Å². The van der Waals surface area contributed by atoms with Crippen molar-refractivity contribution in [3.05, 3.63) is 22.4 Å². The fourth-order valence-electron chi connectivity index (χ4n) is 4.33. The molecule has 1 aromatic rings. The van der Waals surface area contributed by atoms with Gasteiger partial charge in [0.2, 0.25) is 0 Å². The van der Waals surface area contributed by atoms with E-state index in [9.17, 15) is 0 Å². The summed E-state index contributed by atoms with van der Waals surface area (Å²) in [5.74, 6) is 2.27. The van der Waals surface area contributed by atoms with Crippen molar-refractivity contribution in [3.63, 3.8) is 0 Å². The van der Waals surface area contributed by atoms with Crippen molar-refractivity contribution in [3.8, 4) is 0 Å². The van der Waals surface area contributed by atoms with Crippen LogP contribution in [0.2, 0.25) is 0 Å². The first kappa shape index (κ1) is 22.5. The highest BCUT2D eigenvalue weighted by atomic mass is 32.1. The van der Waals surface area contributed by atoms with Crippen molar-refractivity contribution in [2.75, 3.05) is 59.5 Å². The summed E-state index contributed by atoms with van der Waals surface area (Å²) in [5, 5.41) is 9.32. The van der Waals surface area contributed by atoms with Crippen LogP contribution in [0.15, 0.2) is 22.5 Å². The van der Waals surface area contributed by atoms with Crippen LogP contribution in [0.5, 0.6) is 0 Å². The molecule has 2 saturated heterocycles. The lowest BCUT2D eigenvalue weighted by Gasteiger charge is -2.37. The Morgan fingerprint density at radius 3 is 2.59 bits per heavy atom. The van der Waals surface area contributed by atoms with E-state index in [4.69, 9.17) is 4.74 Å². The second-order valence-electron chi connectivity index (χ2n) is 8.59. The van der Waals surface area contributed by atoms with Crippen molar-refractivity contribution in [1.82, 2.24) is 20.4 Å². The number of hydrogen-bond acceptors (Lipinski definition) is 5. The molecule has 1 atom stereocenters. The molecule has 0 bridgehead atoms. The van der Waals surface area contributed by atoms with Crippen molar-refractivity contribution in [2.24, 2.45) is 16.8 Å². The van der Waals surface area contributed by atoms with E-state index < -0.39 is 0 Å². The summed E-state index contributed by atoms with van der Waals surface area (Å²) < 4.78 is 5.52.